The van der Waals surface area contributed by atoms with Crippen LogP contribution in [0.3, 0.4) is 0 Å². The lowest BCUT2D eigenvalue weighted by atomic mass is 10.2. The molecule has 5 heteroatoms. The molecule has 0 aromatic heterocycles. The second-order valence-corrected chi connectivity index (χ2v) is 3.88. The Balaban J connectivity index is 0.00000289. The van der Waals surface area contributed by atoms with Gasteiger partial charge in [-0.05, 0) is 18.5 Å². The van der Waals surface area contributed by atoms with Gasteiger partial charge in [-0.3, -0.25) is 4.79 Å². The number of carbonyl (C=O) groups is 1. The third-order valence-corrected chi connectivity index (χ3v) is 2.47. The van der Waals surface area contributed by atoms with E-state index in [1.807, 2.05) is 30.3 Å². The van der Waals surface area contributed by atoms with Crippen molar-refractivity contribution in [1.82, 2.24) is 4.90 Å². The Bertz CT molecular complexity index is 333. The minimum atomic E-state index is 0. The van der Waals surface area contributed by atoms with Gasteiger partial charge in [0.1, 0.15) is 6.61 Å². The van der Waals surface area contributed by atoms with Crippen LogP contribution in [-0.2, 0) is 16.1 Å². The molecule has 4 nitrogen and oxygen atoms in total. The zero-order chi connectivity index (χ0) is 12.5. The fraction of sp³-hybridized carbons (Fsp3) is 0.462. The molecule has 1 aromatic rings. The van der Waals surface area contributed by atoms with E-state index in [-0.39, 0.29) is 24.9 Å². The van der Waals surface area contributed by atoms with Crippen molar-refractivity contribution in [2.45, 2.75) is 13.0 Å². The molecule has 0 atom stereocenters. The first-order valence-electron chi connectivity index (χ1n) is 5.78. The fourth-order valence-electron chi connectivity index (χ4n) is 1.59. The summed E-state index contributed by atoms with van der Waals surface area (Å²) in [7, 11) is 1.53. The molecule has 0 radical (unpaired) electrons. The number of carbonyl (C=O) groups excluding carboxylic acids is 1. The number of rotatable bonds is 7. The van der Waals surface area contributed by atoms with Crippen molar-refractivity contribution in [2.24, 2.45) is 5.73 Å². The number of hydrogen-bond donors (Lipinski definition) is 1. The van der Waals surface area contributed by atoms with E-state index in [2.05, 4.69) is 0 Å². The van der Waals surface area contributed by atoms with E-state index < -0.39 is 0 Å². The average molecular weight is 273 g/mol. The van der Waals surface area contributed by atoms with Crippen molar-refractivity contribution < 1.29 is 9.53 Å². The normalized spacial score (nSPS) is 9.67. The van der Waals surface area contributed by atoms with E-state index in [4.69, 9.17) is 10.5 Å². The minimum Gasteiger partial charge on any atom is -0.375 e. The first-order valence-corrected chi connectivity index (χ1v) is 5.78. The Morgan fingerprint density at radius 3 is 2.56 bits per heavy atom. The summed E-state index contributed by atoms with van der Waals surface area (Å²) in [5.74, 6) is 0.00445. The Morgan fingerprint density at radius 2 is 2.00 bits per heavy atom. The molecule has 0 spiro atoms. The Hall–Kier alpha value is -1.10. The van der Waals surface area contributed by atoms with Gasteiger partial charge in [0.15, 0.2) is 0 Å². The van der Waals surface area contributed by atoms with Gasteiger partial charge in [-0.2, -0.15) is 0 Å². The van der Waals surface area contributed by atoms with Gasteiger partial charge in [0.2, 0.25) is 5.91 Å². The summed E-state index contributed by atoms with van der Waals surface area (Å²) in [5, 5.41) is 0. The molecule has 0 aliphatic rings. The Labute approximate surface area is 115 Å². The molecule has 0 bridgehead atoms. The van der Waals surface area contributed by atoms with Crippen LogP contribution < -0.4 is 5.73 Å². The summed E-state index contributed by atoms with van der Waals surface area (Å²) in [4.78, 5) is 13.6. The SMILES string of the molecule is COCC(=O)N(CCCN)Cc1ccccc1.Cl. The molecule has 102 valence electrons. The standard InChI is InChI=1S/C13H20N2O2.ClH/c1-17-11-13(16)15(9-5-8-14)10-12-6-3-2-4-7-12;/h2-4,6-7H,5,8-11,14H2,1H3;1H. The monoisotopic (exact) mass is 272 g/mol. The largest absolute Gasteiger partial charge is 0.375 e. The second kappa shape index (κ2) is 9.88. The van der Waals surface area contributed by atoms with Crippen molar-refractivity contribution in [3.8, 4) is 0 Å². The van der Waals surface area contributed by atoms with E-state index in [9.17, 15) is 4.79 Å². The molecule has 2 N–H and O–H groups in total. The highest BCUT2D eigenvalue weighted by atomic mass is 35.5. The van der Waals surface area contributed by atoms with Crippen LogP contribution in [0.2, 0.25) is 0 Å². The number of methoxy groups -OCH3 is 1. The van der Waals surface area contributed by atoms with Crippen molar-refractivity contribution >= 4 is 18.3 Å². The molecule has 1 aromatic carbocycles. The molecule has 0 aliphatic heterocycles. The quantitative estimate of drug-likeness (QED) is 0.817. The zero-order valence-corrected chi connectivity index (χ0v) is 11.5. The van der Waals surface area contributed by atoms with Gasteiger partial charge in [0.25, 0.3) is 0 Å². The van der Waals surface area contributed by atoms with Crippen LogP contribution in [0.25, 0.3) is 0 Å². The van der Waals surface area contributed by atoms with Gasteiger partial charge < -0.3 is 15.4 Å². The molecule has 0 saturated heterocycles. The van der Waals surface area contributed by atoms with Crippen molar-refractivity contribution in [3.63, 3.8) is 0 Å². The summed E-state index contributed by atoms with van der Waals surface area (Å²) in [6.07, 6.45) is 0.808. The van der Waals surface area contributed by atoms with Crippen LogP contribution in [0, 0.1) is 0 Å². The summed E-state index contributed by atoms with van der Waals surface area (Å²) >= 11 is 0. The van der Waals surface area contributed by atoms with Crippen LogP contribution >= 0.6 is 12.4 Å². The number of nitrogens with zero attached hydrogens (tertiary/aromatic N) is 1. The second-order valence-electron chi connectivity index (χ2n) is 3.88. The smallest absolute Gasteiger partial charge is 0.248 e. The number of benzene rings is 1. The maximum absolute atomic E-state index is 11.8. The first-order chi connectivity index (χ1) is 8.27. The maximum atomic E-state index is 11.8. The number of ether oxygens (including phenoxy) is 1. The van der Waals surface area contributed by atoms with E-state index in [1.54, 1.807) is 4.90 Å². The zero-order valence-electron chi connectivity index (χ0n) is 10.7. The Kier molecular flexibility index (Phi) is 9.28. The molecule has 1 rings (SSSR count). The number of hydrogen-bond acceptors (Lipinski definition) is 3. The molecule has 0 aliphatic carbocycles. The lowest BCUT2D eigenvalue weighted by Crippen LogP contribution is -2.35. The van der Waals surface area contributed by atoms with Gasteiger partial charge in [-0.25, -0.2) is 0 Å². The minimum absolute atomic E-state index is 0. The van der Waals surface area contributed by atoms with E-state index in [0.29, 0.717) is 19.6 Å². The van der Waals surface area contributed by atoms with Crippen LogP contribution in [0.5, 0.6) is 0 Å². The fourth-order valence-corrected chi connectivity index (χ4v) is 1.59. The van der Waals surface area contributed by atoms with Crippen LogP contribution in [0.1, 0.15) is 12.0 Å². The highest BCUT2D eigenvalue weighted by Gasteiger charge is 2.12. The molecular weight excluding hydrogens is 252 g/mol. The topological polar surface area (TPSA) is 55.6 Å². The van der Waals surface area contributed by atoms with Gasteiger partial charge in [-0.1, -0.05) is 30.3 Å². The van der Waals surface area contributed by atoms with Gasteiger partial charge in [0.05, 0.1) is 0 Å². The van der Waals surface area contributed by atoms with E-state index in [0.717, 1.165) is 12.0 Å². The first kappa shape index (κ1) is 16.9. The number of halogens is 1. The molecule has 0 fully saturated rings. The summed E-state index contributed by atoms with van der Waals surface area (Å²) in [6.45, 7) is 2.00. The predicted octanol–water partition coefficient (Wildman–Crippen LogP) is 1.43. The molecule has 0 saturated carbocycles. The summed E-state index contributed by atoms with van der Waals surface area (Å²) in [5.41, 5.74) is 6.59. The summed E-state index contributed by atoms with van der Waals surface area (Å²) < 4.78 is 4.88. The van der Waals surface area contributed by atoms with Crippen molar-refractivity contribution in [3.05, 3.63) is 35.9 Å². The number of amides is 1. The third kappa shape index (κ3) is 6.00. The van der Waals surface area contributed by atoms with Crippen LogP contribution in [0.4, 0.5) is 0 Å². The average Bonchev–Trinajstić information content (AvgIpc) is 2.36. The maximum Gasteiger partial charge on any atom is 0.248 e. The molecule has 18 heavy (non-hydrogen) atoms. The summed E-state index contributed by atoms with van der Waals surface area (Å²) in [6, 6.07) is 9.92. The van der Waals surface area contributed by atoms with Gasteiger partial charge >= 0.3 is 0 Å². The third-order valence-electron chi connectivity index (χ3n) is 2.47. The van der Waals surface area contributed by atoms with E-state index in [1.165, 1.54) is 7.11 Å². The Morgan fingerprint density at radius 1 is 1.33 bits per heavy atom. The van der Waals surface area contributed by atoms with E-state index >= 15 is 0 Å². The van der Waals surface area contributed by atoms with Crippen molar-refractivity contribution in [2.75, 3.05) is 26.8 Å². The van der Waals surface area contributed by atoms with Crippen LogP contribution in [-0.4, -0.2) is 37.6 Å². The van der Waals surface area contributed by atoms with Gasteiger partial charge in [-0.15, -0.1) is 12.4 Å². The number of nitrogens with two attached hydrogens (primary N) is 1. The lowest BCUT2D eigenvalue weighted by molar-refractivity contribution is -0.135. The molecule has 0 heterocycles. The lowest BCUT2D eigenvalue weighted by Gasteiger charge is -2.22. The molecule has 1 amide bonds. The highest BCUT2D eigenvalue weighted by Crippen LogP contribution is 2.05. The highest BCUT2D eigenvalue weighted by molar-refractivity contribution is 5.85. The predicted molar refractivity (Wildman–Crippen MR) is 74.7 cm³/mol. The molecular formula is C13H21ClN2O2. The molecule has 0 unspecified atom stereocenters. The van der Waals surface area contributed by atoms with Crippen molar-refractivity contribution in [1.29, 1.82) is 0 Å². The van der Waals surface area contributed by atoms with Gasteiger partial charge in [0, 0.05) is 20.2 Å². The van der Waals surface area contributed by atoms with Crippen LogP contribution in [0.15, 0.2) is 30.3 Å².